The molecule has 0 bridgehead atoms. The van der Waals surface area contributed by atoms with Crippen molar-refractivity contribution in [2.45, 2.75) is 0 Å². The summed E-state index contributed by atoms with van der Waals surface area (Å²) in [7, 11) is 4.82. The van der Waals surface area contributed by atoms with Crippen LogP contribution < -0.4 is 14.8 Å². The summed E-state index contributed by atoms with van der Waals surface area (Å²) in [5.41, 5.74) is 0.933. The van der Waals surface area contributed by atoms with E-state index in [0.29, 0.717) is 4.88 Å². The summed E-state index contributed by atoms with van der Waals surface area (Å²) in [5.74, 6) is 1.31. The number of rotatable bonds is 5. The highest BCUT2D eigenvalue weighted by Crippen LogP contribution is 2.24. The molecular formula is C15H16N2O3S. The number of ether oxygens (including phenoxy) is 2. The van der Waals surface area contributed by atoms with Gasteiger partial charge in [-0.15, -0.1) is 11.3 Å². The molecular weight excluding hydrogens is 288 g/mol. The fraction of sp³-hybridized carbons (Fsp3) is 0.200. The molecule has 0 radical (unpaired) electrons. The molecule has 1 N–H and O–H groups in total. The van der Waals surface area contributed by atoms with Crippen molar-refractivity contribution in [2.24, 2.45) is 0 Å². The van der Waals surface area contributed by atoms with Gasteiger partial charge in [0.15, 0.2) is 0 Å². The van der Waals surface area contributed by atoms with Crippen molar-refractivity contribution in [1.82, 2.24) is 10.3 Å². The Balaban J connectivity index is 2.20. The van der Waals surface area contributed by atoms with Crippen molar-refractivity contribution in [3.8, 4) is 11.5 Å². The first-order chi connectivity index (χ1) is 10.2. The zero-order valence-electron chi connectivity index (χ0n) is 12.0. The molecule has 0 saturated carbocycles. The number of nitrogens with zero attached hydrogens (tertiary/aromatic N) is 1. The standard InChI is InChI=1S/C15H16N2O3S/c1-16-15(18)13-9-17-14(21-13)5-4-10-6-11(19-2)8-12(7-10)20-3/h4-9H,1-3H3,(H,16,18)/b5-4+. The summed E-state index contributed by atoms with van der Waals surface area (Å²) >= 11 is 1.33. The summed E-state index contributed by atoms with van der Waals surface area (Å²) in [6, 6.07) is 5.60. The molecule has 0 unspecified atom stereocenters. The Bertz CT molecular complexity index is 642. The molecule has 110 valence electrons. The predicted molar refractivity (Wildman–Crippen MR) is 84.0 cm³/mol. The molecule has 0 fully saturated rings. The molecule has 1 heterocycles. The Hall–Kier alpha value is -2.34. The smallest absolute Gasteiger partial charge is 0.262 e. The zero-order chi connectivity index (χ0) is 15.2. The molecule has 0 aliphatic rings. The van der Waals surface area contributed by atoms with Gasteiger partial charge in [0, 0.05) is 13.1 Å². The maximum absolute atomic E-state index is 11.5. The number of thiazole rings is 1. The van der Waals surface area contributed by atoms with Gasteiger partial charge in [0.25, 0.3) is 5.91 Å². The molecule has 2 aromatic rings. The number of hydrogen-bond donors (Lipinski definition) is 1. The lowest BCUT2D eigenvalue weighted by Crippen LogP contribution is -2.16. The minimum atomic E-state index is -0.129. The number of benzene rings is 1. The highest BCUT2D eigenvalue weighted by atomic mass is 32.1. The van der Waals surface area contributed by atoms with Crippen molar-refractivity contribution in [3.63, 3.8) is 0 Å². The van der Waals surface area contributed by atoms with Gasteiger partial charge in [0.05, 0.1) is 20.4 Å². The fourth-order valence-electron chi connectivity index (χ4n) is 1.69. The van der Waals surface area contributed by atoms with E-state index < -0.39 is 0 Å². The number of carbonyl (C=O) groups is 1. The third kappa shape index (κ3) is 3.82. The quantitative estimate of drug-likeness (QED) is 0.922. The fourth-order valence-corrected chi connectivity index (χ4v) is 2.45. The Kier molecular flexibility index (Phi) is 4.94. The largest absolute Gasteiger partial charge is 0.497 e. The molecule has 5 nitrogen and oxygen atoms in total. The van der Waals surface area contributed by atoms with Gasteiger partial charge in [-0.3, -0.25) is 4.79 Å². The number of amides is 1. The second kappa shape index (κ2) is 6.90. The summed E-state index contributed by atoms with van der Waals surface area (Å²) in [5, 5.41) is 3.33. The monoisotopic (exact) mass is 304 g/mol. The summed E-state index contributed by atoms with van der Waals surface area (Å²) < 4.78 is 10.4. The van der Waals surface area contributed by atoms with Crippen LogP contribution in [0.5, 0.6) is 11.5 Å². The van der Waals surface area contributed by atoms with Crippen molar-refractivity contribution in [3.05, 3.63) is 39.8 Å². The van der Waals surface area contributed by atoms with E-state index in [4.69, 9.17) is 9.47 Å². The van der Waals surface area contributed by atoms with Gasteiger partial charge in [0.1, 0.15) is 21.4 Å². The highest BCUT2D eigenvalue weighted by molar-refractivity contribution is 7.14. The van der Waals surface area contributed by atoms with Gasteiger partial charge < -0.3 is 14.8 Å². The van der Waals surface area contributed by atoms with Crippen LogP contribution in [-0.4, -0.2) is 32.2 Å². The lowest BCUT2D eigenvalue weighted by Gasteiger charge is -2.05. The molecule has 0 atom stereocenters. The molecule has 6 heteroatoms. The van der Waals surface area contributed by atoms with Crippen molar-refractivity contribution >= 4 is 29.4 Å². The average Bonchev–Trinajstić information content (AvgIpc) is 3.00. The molecule has 1 amide bonds. The third-order valence-corrected chi connectivity index (χ3v) is 3.73. The van der Waals surface area contributed by atoms with Crippen molar-refractivity contribution in [1.29, 1.82) is 0 Å². The number of nitrogens with one attached hydrogen (secondary N) is 1. The molecule has 1 aromatic heterocycles. The Labute approximate surface area is 127 Å². The lowest BCUT2D eigenvalue weighted by atomic mass is 10.2. The van der Waals surface area contributed by atoms with Gasteiger partial charge in [0.2, 0.25) is 0 Å². The maximum atomic E-state index is 11.5. The second-order valence-electron chi connectivity index (χ2n) is 4.12. The Morgan fingerprint density at radius 2 is 1.86 bits per heavy atom. The van der Waals surface area contributed by atoms with Crippen LogP contribution in [0.3, 0.4) is 0 Å². The van der Waals surface area contributed by atoms with E-state index in [9.17, 15) is 4.79 Å². The molecule has 2 rings (SSSR count). The summed E-state index contributed by atoms with van der Waals surface area (Å²) in [6.45, 7) is 0. The minimum absolute atomic E-state index is 0.129. The maximum Gasteiger partial charge on any atom is 0.262 e. The van der Waals surface area contributed by atoms with E-state index in [2.05, 4.69) is 10.3 Å². The molecule has 0 aliphatic heterocycles. The first-order valence-corrected chi connectivity index (χ1v) is 7.07. The topological polar surface area (TPSA) is 60.5 Å². The van der Waals surface area contributed by atoms with E-state index in [1.54, 1.807) is 27.5 Å². The zero-order valence-corrected chi connectivity index (χ0v) is 12.9. The Morgan fingerprint density at radius 3 is 2.43 bits per heavy atom. The van der Waals surface area contributed by atoms with E-state index >= 15 is 0 Å². The van der Waals surface area contributed by atoms with Crippen LogP contribution in [0, 0.1) is 0 Å². The normalized spacial score (nSPS) is 10.6. The predicted octanol–water partition coefficient (Wildman–Crippen LogP) is 2.69. The summed E-state index contributed by atoms with van der Waals surface area (Å²) in [6.07, 6.45) is 5.32. The number of carbonyl (C=O) groups excluding carboxylic acids is 1. The third-order valence-electron chi connectivity index (χ3n) is 2.77. The number of methoxy groups -OCH3 is 2. The van der Waals surface area contributed by atoms with Crippen LogP contribution in [0.15, 0.2) is 24.4 Å². The van der Waals surface area contributed by atoms with Crippen LogP contribution in [0.1, 0.15) is 20.2 Å². The van der Waals surface area contributed by atoms with Crippen molar-refractivity contribution in [2.75, 3.05) is 21.3 Å². The van der Waals surface area contributed by atoms with E-state index in [-0.39, 0.29) is 5.91 Å². The SMILES string of the molecule is CNC(=O)c1cnc(/C=C/c2cc(OC)cc(OC)c2)s1. The number of hydrogen-bond acceptors (Lipinski definition) is 5. The van der Waals surface area contributed by atoms with Crippen molar-refractivity contribution < 1.29 is 14.3 Å². The number of aromatic nitrogens is 1. The van der Waals surface area contributed by atoms with Crippen LogP contribution in [-0.2, 0) is 0 Å². The van der Waals surface area contributed by atoms with Crippen LogP contribution in [0.2, 0.25) is 0 Å². The van der Waals surface area contributed by atoms with Crippen LogP contribution >= 0.6 is 11.3 Å². The molecule has 0 spiro atoms. The van der Waals surface area contributed by atoms with E-state index in [0.717, 1.165) is 22.1 Å². The molecule has 0 saturated heterocycles. The minimum Gasteiger partial charge on any atom is -0.497 e. The molecule has 21 heavy (non-hydrogen) atoms. The van der Waals surface area contributed by atoms with Gasteiger partial charge in [-0.2, -0.15) is 0 Å². The lowest BCUT2D eigenvalue weighted by molar-refractivity contribution is 0.0967. The molecule has 0 aliphatic carbocycles. The van der Waals surface area contributed by atoms with Gasteiger partial charge in [-0.25, -0.2) is 4.98 Å². The van der Waals surface area contributed by atoms with Gasteiger partial charge >= 0.3 is 0 Å². The van der Waals surface area contributed by atoms with Crippen LogP contribution in [0.25, 0.3) is 12.2 Å². The first-order valence-electron chi connectivity index (χ1n) is 6.25. The van der Waals surface area contributed by atoms with Gasteiger partial charge in [-0.05, 0) is 23.8 Å². The highest BCUT2D eigenvalue weighted by Gasteiger charge is 2.06. The van der Waals surface area contributed by atoms with Crippen LogP contribution in [0.4, 0.5) is 0 Å². The van der Waals surface area contributed by atoms with E-state index in [1.807, 2.05) is 30.4 Å². The second-order valence-corrected chi connectivity index (χ2v) is 5.18. The van der Waals surface area contributed by atoms with Gasteiger partial charge in [-0.1, -0.05) is 6.08 Å². The van der Waals surface area contributed by atoms with E-state index in [1.165, 1.54) is 11.3 Å². The average molecular weight is 304 g/mol. The summed E-state index contributed by atoms with van der Waals surface area (Å²) in [4.78, 5) is 16.2. The molecule has 1 aromatic carbocycles. The Morgan fingerprint density at radius 1 is 1.19 bits per heavy atom. The first kappa shape index (κ1) is 15.1.